The first-order chi connectivity index (χ1) is 14.7. The van der Waals surface area contributed by atoms with Gasteiger partial charge in [-0.25, -0.2) is 14.4 Å². The smallest absolute Gasteiger partial charge is 0.225 e. The second kappa shape index (κ2) is 8.50. The molecule has 0 amide bonds. The highest BCUT2D eigenvalue weighted by Crippen LogP contribution is 2.43. The summed E-state index contributed by atoms with van der Waals surface area (Å²) >= 11 is 0. The lowest BCUT2D eigenvalue weighted by molar-refractivity contribution is 0.152. The number of anilines is 2. The molecule has 0 radical (unpaired) electrons. The second-order valence-electron chi connectivity index (χ2n) is 9.26. The first-order valence-electron chi connectivity index (χ1n) is 11.5. The molecule has 6 heteroatoms. The van der Waals surface area contributed by atoms with Gasteiger partial charge >= 0.3 is 0 Å². The third-order valence-corrected chi connectivity index (χ3v) is 7.18. The van der Waals surface area contributed by atoms with Crippen LogP contribution in [0.5, 0.6) is 0 Å². The summed E-state index contributed by atoms with van der Waals surface area (Å²) < 4.78 is 13.0. The zero-order valence-corrected chi connectivity index (χ0v) is 17.9. The molecule has 2 aromatic rings. The minimum absolute atomic E-state index is 0.377. The van der Waals surface area contributed by atoms with Crippen molar-refractivity contribution in [3.8, 4) is 0 Å². The van der Waals surface area contributed by atoms with Crippen LogP contribution >= 0.6 is 0 Å². The van der Waals surface area contributed by atoms with Crippen molar-refractivity contribution < 1.29 is 4.39 Å². The summed E-state index contributed by atoms with van der Waals surface area (Å²) in [5.74, 6) is 1.81. The molecule has 2 aliphatic heterocycles. The van der Waals surface area contributed by atoms with Gasteiger partial charge in [0.2, 0.25) is 5.95 Å². The third-order valence-electron chi connectivity index (χ3n) is 7.18. The first kappa shape index (κ1) is 19.7. The molecule has 0 spiro atoms. The number of piperazine rings is 1. The molecule has 3 aliphatic rings. The van der Waals surface area contributed by atoms with Crippen molar-refractivity contribution in [1.82, 2.24) is 14.9 Å². The van der Waals surface area contributed by atoms with E-state index in [9.17, 15) is 4.39 Å². The van der Waals surface area contributed by atoms with E-state index in [0.717, 1.165) is 38.0 Å². The van der Waals surface area contributed by atoms with Gasteiger partial charge in [-0.15, -0.1) is 0 Å². The molecule has 1 aliphatic carbocycles. The van der Waals surface area contributed by atoms with Crippen LogP contribution in [0, 0.1) is 18.7 Å². The van der Waals surface area contributed by atoms with Gasteiger partial charge in [0, 0.05) is 51.5 Å². The minimum atomic E-state index is -0.377. The summed E-state index contributed by atoms with van der Waals surface area (Å²) in [5.41, 5.74) is 4.44. The standard InChI is InChI=1S/C24H32FN5/c1-18-12-22(29-6-2-3-7-29)4-5-23(18)20-13-19(14-20)17-28-8-10-30(11-9-28)24-26-15-21(25)16-27-24/h4-5,12,15-16,19-20H,2-3,6-11,13-14,17H2,1H3/t19-,20+. The number of aryl methyl sites for hydroxylation is 1. The van der Waals surface area contributed by atoms with Crippen molar-refractivity contribution in [3.63, 3.8) is 0 Å². The second-order valence-corrected chi connectivity index (χ2v) is 9.26. The lowest BCUT2D eigenvalue weighted by Gasteiger charge is -2.42. The van der Waals surface area contributed by atoms with E-state index in [1.807, 2.05) is 0 Å². The molecule has 5 nitrogen and oxygen atoms in total. The van der Waals surface area contributed by atoms with Gasteiger partial charge in [-0.1, -0.05) is 6.07 Å². The van der Waals surface area contributed by atoms with Gasteiger partial charge < -0.3 is 9.80 Å². The van der Waals surface area contributed by atoms with E-state index in [0.29, 0.717) is 5.95 Å². The number of benzene rings is 1. The Kier molecular flexibility index (Phi) is 5.59. The highest BCUT2D eigenvalue weighted by Gasteiger charge is 2.33. The fourth-order valence-electron chi connectivity index (χ4n) is 5.39. The average molecular weight is 410 g/mol. The maximum atomic E-state index is 13.0. The van der Waals surface area contributed by atoms with E-state index in [4.69, 9.17) is 0 Å². The van der Waals surface area contributed by atoms with Crippen LogP contribution in [-0.4, -0.2) is 60.7 Å². The Bertz CT molecular complexity index is 850. The number of hydrogen-bond donors (Lipinski definition) is 0. The maximum Gasteiger partial charge on any atom is 0.225 e. The predicted molar refractivity (Wildman–Crippen MR) is 119 cm³/mol. The van der Waals surface area contributed by atoms with Gasteiger partial charge in [0.1, 0.15) is 0 Å². The fraction of sp³-hybridized carbons (Fsp3) is 0.583. The molecule has 1 aromatic heterocycles. The highest BCUT2D eigenvalue weighted by molar-refractivity contribution is 5.52. The van der Waals surface area contributed by atoms with Gasteiger partial charge in [0.15, 0.2) is 5.82 Å². The Labute approximate surface area is 178 Å². The topological polar surface area (TPSA) is 35.5 Å². The molecule has 2 saturated heterocycles. The van der Waals surface area contributed by atoms with E-state index >= 15 is 0 Å². The van der Waals surface area contributed by atoms with Crippen LogP contribution in [-0.2, 0) is 0 Å². The summed E-state index contributed by atoms with van der Waals surface area (Å²) in [7, 11) is 0. The number of halogens is 1. The van der Waals surface area contributed by atoms with Crippen LogP contribution in [0.3, 0.4) is 0 Å². The third kappa shape index (κ3) is 4.15. The van der Waals surface area contributed by atoms with Crippen molar-refractivity contribution in [2.45, 2.75) is 38.5 Å². The highest BCUT2D eigenvalue weighted by atomic mass is 19.1. The molecule has 1 saturated carbocycles. The van der Waals surface area contributed by atoms with Gasteiger partial charge in [-0.3, -0.25) is 4.90 Å². The van der Waals surface area contributed by atoms with Crippen molar-refractivity contribution in [2.75, 3.05) is 55.6 Å². The van der Waals surface area contributed by atoms with E-state index in [1.54, 1.807) is 5.56 Å². The van der Waals surface area contributed by atoms with Crippen LogP contribution in [0.2, 0.25) is 0 Å². The van der Waals surface area contributed by atoms with Crippen molar-refractivity contribution in [3.05, 3.63) is 47.5 Å². The van der Waals surface area contributed by atoms with Gasteiger partial charge in [-0.2, -0.15) is 0 Å². The summed E-state index contributed by atoms with van der Waals surface area (Å²) in [6.45, 7) is 9.81. The monoisotopic (exact) mass is 409 g/mol. The predicted octanol–water partition coefficient (Wildman–Crippen LogP) is 3.84. The summed E-state index contributed by atoms with van der Waals surface area (Å²) in [5, 5.41) is 0. The van der Waals surface area contributed by atoms with Crippen LogP contribution in [0.1, 0.15) is 42.7 Å². The van der Waals surface area contributed by atoms with Crippen molar-refractivity contribution in [2.24, 2.45) is 5.92 Å². The number of rotatable bonds is 5. The lowest BCUT2D eigenvalue weighted by atomic mass is 9.70. The Balaban J connectivity index is 1.09. The first-order valence-corrected chi connectivity index (χ1v) is 11.5. The molecule has 3 fully saturated rings. The van der Waals surface area contributed by atoms with Gasteiger partial charge in [0.05, 0.1) is 12.4 Å². The number of nitrogens with zero attached hydrogens (tertiary/aromatic N) is 5. The zero-order chi connectivity index (χ0) is 20.5. The average Bonchev–Trinajstić information content (AvgIpc) is 3.27. The summed E-state index contributed by atoms with van der Waals surface area (Å²) in [4.78, 5) is 15.5. The van der Waals surface area contributed by atoms with E-state index < -0.39 is 0 Å². The molecular weight excluding hydrogens is 377 g/mol. The zero-order valence-electron chi connectivity index (χ0n) is 17.9. The molecule has 0 N–H and O–H groups in total. The van der Waals surface area contributed by atoms with Crippen LogP contribution in [0.25, 0.3) is 0 Å². The van der Waals surface area contributed by atoms with E-state index in [-0.39, 0.29) is 5.82 Å². The van der Waals surface area contributed by atoms with Crippen molar-refractivity contribution in [1.29, 1.82) is 0 Å². The molecule has 160 valence electrons. The Morgan fingerprint density at radius 3 is 2.30 bits per heavy atom. The van der Waals surface area contributed by atoms with Gasteiger partial charge in [-0.05, 0) is 67.7 Å². The molecule has 0 bridgehead atoms. The Morgan fingerprint density at radius 1 is 0.933 bits per heavy atom. The normalized spacial score (nSPS) is 24.9. The molecule has 0 atom stereocenters. The SMILES string of the molecule is Cc1cc(N2CCCC2)ccc1[C@H]1C[C@@H](CN2CCN(c3ncc(F)cn3)CC2)C1. The summed E-state index contributed by atoms with van der Waals surface area (Å²) in [6, 6.07) is 7.15. The van der Waals surface area contributed by atoms with Crippen LogP contribution in [0.4, 0.5) is 16.0 Å². The maximum absolute atomic E-state index is 13.0. The van der Waals surface area contributed by atoms with E-state index in [2.05, 4.69) is 49.8 Å². The molecule has 0 unspecified atom stereocenters. The lowest BCUT2D eigenvalue weighted by Crippen LogP contribution is -2.49. The molecular formula is C24H32FN5. The van der Waals surface area contributed by atoms with E-state index in [1.165, 1.54) is 69.0 Å². The van der Waals surface area contributed by atoms with Crippen LogP contribution < -0.4 is 9.80 Å². The fourth-order valence-corrected chi connectivity index (χ4v) is 5.39. The quantitative estimate of drug-likeness (QED) is 0.750. The largest absolute Gasteiger partial charge is 0.372 e. The van der Waals surface area contributed by atoms with Crippen molar-refractivity contribution >= 4 is 11.6 Å². The van der Waals surface area contributed by atoms with Gasteiger partial charge in [0.25, 0.3) is 0 Å². The molecule has 30 heavy (non-hydrogen) atoms. The minimum Gasteiger partial charge on any atom is -0.372 e. The molecule has 5 rings (SSSR count). The molecule has 3 heterocycles. The Morgan fingerprint density at radius 2 is 1.63 bits per heavy atom. The van der Waals surface area contributed by atoms with Crippen LogP contribution in [0.15, 0.2) is 30.6 Å². The number of hydrogen-bond acceptors (Lipinski definition) is 5. The Hall–Kier alpha value is -2.21. The number of aromatic nitrogens is 2. The molecule has 1 aromatic carbocycles. The summed E-state index contributed by atoms with van der Waals surface area (Å²) in [6.07, 6.45) is 7.79.